The summed E-state index contributed by atoms with van der Waals surface area (Å²) >= 11 is 6.00. The number of hydrogen-bond donors (Lipinski definition) is 1. The lowest BCUT2D eigenvalue weighted by molar-refractivity contribution is 0.327. The molecule has 2 atom stereocenters. The Morgan fingerprint density at radius 3 is 2.21 bits per heavy atom. The first-order valence-corrected chi connectivity index (χ1v) is 8.13. The average Bonchev–Trinajstić information content (AvgIpc) is 3.10. The van der Waals surface area contributed by atoms with Crippen LogP contribution in [0.5, 0.6) is 0 Å². The van der Waals surface area contributed by atoms with Gasteiger partial charge in [-0.05, 0) is 62.1 Å². The van der Waals surface area contributed by atoms with E-state index in [1.807, 2.05) is 12.1 Å². The molecule has 0 heterocycles. The Morgan fingerprint density at radius 2 is 1.63 bits per heavy atom. The van der Waals surface area contributed by atoms with Crippen LogP contribution in [0.15, 0.2) is 24.3 Å². The summed E-state index contributed by atoms with van der Waals surface area (Å²) in [5.41, 5.74) is 1.41. The molecule has 1 unspecified atom stereocenters. The number of nitrogens with one attached hydrogen (secondary N) is 1. The number of hydrogen-bond acceptors (Lipinski definition) is 1. The van der Waals surface area contributed by atoms with Crippen molar-refractivity contribution in [1.29, 1.82) is 0 Å². The van der Waals surface area contributed by atoms with E-state index in [2.05, 4.69) is 24.4 Å². The average molecular weight is 278 g/mol. The van der Waals surface area contributed by atoms with Crippen molar-refractivity contribution >= 4 is 11.6 Å². The minimum atomic E-state index is 0.535. The first kappa shape index (κ1) is 13.5. The Balaban J connectivity index is 1.68. The topological polar surface area (TPSA) is 12.0 Å². The molecule has 2 saturated carbocycles. The highest BCUT2D eigenvalue weighted by molar-refractivity contribution is 6.30. The van der Waals surface area contributed by atoms with Crippen LogP contribution in [0.25, 0.3) is 0 Å². The van der Waals surface area contributed by atoms with Gasteiger partial charge in [-0.25, -0.2) is 0 Å². The number of halogens is 1. The fourth-order valence-electron chi connectivity index (χ4n) is 3.48. The van der Waals surface area contributed by atoms with Crippen molar-refractivity contribution in [2.75, 3.05) is 0 Å². The second kappa shape index (κ2) is 5.85. The van der Waals surface area contributed by atoms with Gasteiger partial charge in [0.1, 0.15) is 0 Å². The summed E-state index contributed by atoms with van der Waals surface area (Å²) in [4.78, 5) is 0. The van der Waals surface area contributed by atoms with Crippen LogP contribution >= 0.6 is 11.6 Å². The summed E-state index contributed by atoms with van der Waals surface area (Å²) in [6.45, 7) is 2.38. The molecule has 2 aliphatic carbocycles. The summed E-state index contributed by atoms with van der Waals surface area (Å²) in [6.07, 6.45) is 8.41. The molecule has 2 fully saturated rings. The van der Waals surface area contributed by atoms with Crippen LogP contribution in [-0.4, -0.2) is 6.04 Å². The van der Waals surface area contributed by atoms with Gasteiger partial charge in [-0.1, -0.05) is 36.6 Å². The van der Waals surface area contributed by atoms with Gasteiger partial charge in [-0.3, -0.25) is 0 Å². The van der Waals surface area contributed by atoms with E-state index in [-0.39, 0.29) is 0 Å². The lowest BCUT2D eigenvalue weighted by Gasteiger charge is -2.27. The minimum Gasteiger partial charge on any atom is -0.307 e. The van der Waals surface area contributed by atoms with Crippen LogP contribution in [0, 0.1) is 11.8 Å². The zero-order valence-electron chi connectivity index (χ0n) is 11.7. The maximum Gasteiger partial charge on any atom is 0.0406 e. The van der Waals surface area contributed by atoms with E-state index in [1.165, 1.54) is 44.1 Å². The molecule has 104 valence electrons. The second-order valence-corrected chi connectivity index (χ2v) is 6.80. The lowest BCUT2D eigenvalue weighted by atomic mass is 9.95. The third-order valence-corrected chi connectivity index (χ3v) is 5.12. The molecule has 0 radical (unpaired) electrons. The van der Waals surface area contributed by atoms with E-state index in [4.69, 9.17) is 11.6 Å². The van der Waals surface area contributed by atoms with Crippen molar-refractivity contribution < 1.29 is 0 Å². The first-order chi connectivity index (χ1) is 9.24. The Kier molecular flexibility index (Phi) is 4.14. The van der Waals surface area contributed by atoms with Crippen molar-refractivity contribution in [2.24, 2.45) is 11.8 Å². The quantitative estimate of drug-likeness (QED) is 0.802. The molecular formula is C17H24ClN. The van der Waals surface area contributed by atoms with E-state index in [9.17, 15) is 0 Å². The molecular weight excluding hydrogens is 254 g/mol. The summed E-state index contributed by atoms with van der Waals surface area (Å²) in [7, 11) is 0. The second-order valence-electron chi connectivity index (χ2n) is 6.37. The Labute approximate surface area is 121 Å². The molecule has 2 aliphatic rings. The lowest BCUT2D eigenvalue weighted by Crippen LogP contribution is -2.36. The van der Waals surface area contributed by atoms with Gasteiger partial charge < -0.3 is 5.32 Å². The third-order valence-electron chi connectivity index (χ3n) is 4.87. The van der Waals surface area contributed by atoms with E-state index >= 15 is 0 Å². The van der Waals surface area contributed by atoms with Gasteiger partial charge in [0.25, 0.3) is 0 Å². The van der Waals surface area contributed by atoms with Crippen molar-refractivity contribution in [1.82, 2.24) is 5.32 Å². The van der Waals surface area contributed by atoms with Crippen molar-refractivity contribution in [3.63, 3.8) is 0 Å². The molecule has 1 aromatic carbocycles. The summed E-state index contributed by atoms with van der Waals surface area (Å²) in [6, 6.07) is 9.61. The van der Waals surface area contributed by atoms with E-state index in [1.54, 1.807) is 0 Å². The number of rotatable bonds is 5. The van der Waals surface area contributed by atoms with Crippen LogP contribution in [0.3, 0.4) is 0 Å². The molecule has 1 nitrogen and oxygen atoms in total. The summed E-state index contributed by atoms with van der Waals surface area (Å²) in [5, 5.41) is 4.75. The number of benzene rings is 1. The molecule has 0 aromatic heterocycles. The fraction of sp³-hybridized carbons (Fsp3) is 0.647. The molecule has 0 amide bonds. The van der Waals surface area contributed by atoms with Crippen LogP contribution < -0.4 is 5.32 Å². The Bertz CT molecular complexity index is 404. The molecule has 1 N–H and O–H groups in total. The van der Waals surface area contributed by atoms with Crippen molar-refractivity contribution in [3.8, 4) is 0 Å². The predicted molar refractivity (Wildman–Crippen MR) is 81.5 cm³/mol. The van der Waals surface area contributed by atoms with Crippen LogP contribution in [0.4, 0.5) is 0 Å². The standard InChI is InChI=1S/C17H24ClN/c1-12(13-4-2-3-5-13)19-17(14-6-7-14)15-8-10-16(18)11-9-15/h8-14,17,19H,2-7H2,1H3/t12-,17?/m0/s1. The Hall–Kier alpha value is -0.530. The molecule has 3 rings (SSSR count). The minimum absolute atomic E-state index is 0.535. The molecule has 0 saturated heterocycles. The van der Waals surface area contributed by atoms with Gasteiger partial charge >= 0.3 is 0 Å². The zero-order chi connectivity index (χ0) is 13.2. The smallest absolute Gasteiger partial charge is 0.0406 e. The molecule has 1 aromatic rings. The largest absolute Gasteiger partial charge is 0.307 e. The molecule has 0 spiro atoms. The van der Waals surface area contributed by atoms with Crippen molar-refractivity contribution in [3.05, 3.63) is 34.9 Å². The monoisotopic (exact) mass is 277 g/mol. The fourth-order valence-corrected chi connectivity index (χ4v) is 3.61. The van der Waals surface area contributed by atoms with Gasteiger partial charge in [0, 0.05) is 17.1 Å². The summed E-state index contributed by atoms with van der Waals surface area (Å²) in [5.74, 6) is 1.72. The third kappa shape index (κ3) is 3.32. The highest BCUT2D eigenvalue weighted by Crippen LogP contribution is 2.42. The Morgan fingerprint density at radius 1 is 1.00 bits per heavy atom. The SMILES string of the molecule is C[C@H](NC(c1ccc(Cl)cc1)C1CC1)C1CCCC1. The van der Waals surface area contributed by atoms with Gasteiger partial charge in [-0.15, -0.1) is 0 Å². The normalized spacial score (nSPS) is 23.5. The van der Waals surface area contributed by atoms with Gasteiger partial charge in [0.2, 0.25) is 0 Å². The van der Waals surface area contributed by atoms with E-state index < -0.39 is 0 Å². The molecule has 2 heteroatoms. The van der Waals surface area contributed by atoms with Gasteiger partial charge in [-0.2, -0.15) is 0 Å². The molecule has 0 aliphatic heterocycles. The maximum absolute atomic E-state index is 6.00. The van der Waals surface area contributed by atoms with E-state index in [0.29, 0.717) is 12.1 Å². The van der Waals surface area contributed by atoms with Gasteiger partial charge in [0.05, 0.1) is 0 Å². The predicted octanol–water partition coefficient (Wildman–Crippen LogP) is 4.96. The summed E-state index contributed by atoms with van der Waals surface area (Å²) < 4.78 is 0. The highest BCUT2D eigenvalue weighted by atomic mass is 35.5. The first-order valence-electron chi connectivity index (χ1n) is 7.75. The van der Waals surface area contributed by atoms with Gasteiger partial charge in [0.15, 0.2) is 0 Å². The molecule has 0 bridgehead atoms. The van der Waals surface area contributed by atoms with Crippen LogP contribution in [-0.2, 0) is 0 Å². The highest BCUT2D eigenvalue weighted by Gasteiger charge is 2.34. The van der Waals surface area contributed by atoms with Crippen LogP contribution in [0.1, 0.15) is 57.1 Å². The van der Waals surface area contributed by atoms with Crippen molar-refractivity contribution in [2.45, 2.75) is 57.5 Å². The maximum atomic E-state index is 6.00. The molecule has 19 heavy (non-hydrogen) atoms. The van der Waals surface area contributed by atoms with Crippen LogP contribution in [0.2, 0.25) is 5.02 Å². The zero-order valence-corrected chi connectivity index (χ0v) is 12.5. The van der Waals surface area contributed by atoms with E-state index in [0.717, 1.165) is 16.9 Å².